The van der Waals surface area contributed by atoms with E-state index in [1.165, 1.54) is 19.2 Å². The first-order valence-electron chi connectivity index (χ1n) is 5.76. The van der Waals surface area contributed by atoms with Gasteiger partial charge < -0.3 is 9.64 Å². The molecule has 2 rings (SSSR count). The normalized spacial score (nSPS) is 19.6. The molecule has 17 heavy (non-hydrogen) atoms. The van der Waals surface area contributed by atoms with Gasteiger partial charge in [-0.05, 0) is 30.5 Å². The molecule has 3 nitrogen and oxygen atoms in total. The average Bonchev–Trinajstić information content (AvgIpc) is 2.79. The topological polar surface area (TPSA) is 29.5 Å². The van der Waals surface area contributed by atoms with Crippen LogP contribution in [0.4, 0.5) is 4.39 Å². The van der Waals surface area contributed by atoms with Crippen LogP contribution < -0.4 is 0 Å². The van der Waals surface area contributed by atoms with Gasteiger partial charge in [-0.3, -0.25) is 4.79 Å². The SMILES string of the molecule is COCC(=O)N1CCCC1c1ccc(F)cc1. The highest BCUT2D eigenvalue weighted by atomic mass is 19.1. The number of carbonyl (C=O) groups is 1. The van der Waals surface area contributed by atoms with E-state index in [-0.39, 0.29) is 24.4 Å². The first-order chi connectivity index (χ1) is 8.22. The molecule has 1 saturated heterocycles. The van der Waals surface area contributed by atoms with Crippen LogP contribution in [-0.2, 0) is 9.53 Å². The van der Waals surface area contributed by atoms with E-state index in [4.69, 9.17) is 4.74 Å². The minimum absolute atomic E-state index is 0.000625. The summed E-state index contributed by atoms with van der Waals surface area (Å²) in [6.07, 6.45) is 1.92. The number of carbonyl (C=O) groups excluding carboxylic acids is 1. The third kappa shape index (κ3) is 2.64. The van der Waals surface area contributed by atoms with Crippen molar-refractivity contribution >= 4 is 5.91 Å². The summed E-state index contributed by atoms with van der Waals surface area (Å²) in [4.78, 5) is 13.6. The van der Waals surface area contributed by atoms with Crippen LogP contribution in [0.2, 0.25) is 0 Å². The molecule has 1 aliphatic rings. The molecule has 1 aromatic carbocycles. The summed E-state index contributed by atoms with van der Waals surface area (Å²) in [5.74, 6) is -0.249. The van der Waals surface area contributed by atoms with Crippen LogP contribution >= 0.6 is 0 Å². The van der Waals surface area contributed by atoms with Crippen LogP contribution in [-0.4, -0.2) is 31.1 Å². The molecular formula is C13H16FNO2. The monoisotopic (exact) mass is 237 g/mol. The fourth-order valence-corrected chi connectivity index (χ4v) is 2.30. The summed E-state index contributed by atoms with van der Waals surface area (Å²) in [7, 11) is 1.51. The Hall–Kier alpha value is -1.42. The van der Waals surface area contributed by atoms with Crippen LogP contribution in [0, 0.1) is 5.82 Å². The lowest BCUT2D eigenvalue weighted by molar-refractivity contribution is -0.136. The van der Waals surface area contributed by atoms with Crippen LogP contribution in [0.3, 0.4) is 0 Å². The standard InChI is InChI=1S/C13H16FNO2/c1-17-9-13(16)15-8-2-3-12(15)10-4-6-11(14)7-5-10/h4-7,12H,2-3,8-9H2,1H3. The summed E-state index contributed by atoms with van der Waals surface area (Å²) in [5, 5.41) is 0. The molecule has 0 aliphatic carbocycles. The van der Waals surface area contributed by atoms with E-state index < -0.39 is 0 Å². The van der Waals surface area contributed by atoms with Gasteiger partial charge in [0, 0.05) is 13.7 Å². The molecule has 0 radical (unpaired) electrons. The molecule has 4 heteroatoms. The fraction of sp³-hybridized carbons (Fsp3) is 0.462. The largest absolute Gasteiger partial charge is 0.375 e. The number of nitrogens with zero attached hydrogens (tertiary/aromatic N) is 1. The van der Waals surface area contributed by atoms with Gasteiger partial charge in [0.2, 0.25) is 5.91 Å². The van der Waals surface area contributed by atoms with Gasteiger partial charge in [0.05, 0.1) is 6.04 Å². The summed E-state index contributed by atoms with van der Waals surface area (Å²) < 4.78 is 17.7. The lowest BCUT2D eigenvalue weighted by Crippen LogP contribution is -2.33. The first kappa shape index (κ1) is 12.0. The number of amides is 1. The van der Waals surface area contributed by atoms with Crippen molar-refractivity contribution in [1.29, 1.82) is 0 Å². The quantitative estimate of drug-likeness (QED) is 0.806. The van der Waals surface area contributed by atoms with Crippen LogP contribution in [0.25, 0.3) is 0 Å². The predicted octanol–water partition coefficient (Wildman–Crippen LogP) is 2.14. The number of methoxy groups -OCH3 is 1. The molecule has 1 aromatic rings. The maximum atomic E-state index is 12.8. The molecule has 92 valence electrons. The number of hydrogen-bond donors (Lipinski definition) is 0. The Balaban J connectivity index is 2.14. The number of ether oxygens (including phenoxy) is 1. The Morgan fingerprint density at radius 1 is 1.47 bits per heavy atom. The molecule has 1 aliphatic heterocycles. The smallest absolute Gasteiger partial charge is 0.249 e. The van der Waals surface area contributed by atoms with Crippen molar-refractivity contribution in [3.8, 4) is 0 Å². The van der Waals surface area contributed by atoms with E-state index in [0.29, 0.717) is 0 Å². The second-order valence-corrected chi connectivity index (χ2v) is 4.23. The summed E-state index contributed by atoms with van der Waals surface area (Å²) >= 11 is 0. The van der Waals surface area contributed by atoms with E-state index in [2.05, 4.69) is 0 Å². The maximum Gasteiger partial charge on any atom is 0.249 e. The minimum atomic E-state index is -0.249. The highest BCUT2D eigenvalue weighted by Crippen LogP contribution is 2.31. The molecule has 1 fully saturated rings. The number of rotatable bonds is 3. The Morgan fingerprint density at radius 3 is 2.82 bits per heavy atom. The van der Waals surface area contributed by atoms with Gasteiger partial charge in [0.15, 0.2) is 0 Å². The Kier molecular flexibility index (Phi) is 3.74. The third-order valence-electron chi connectivity index (χ3n) is 3.10. The molecular weight excluding hydrogens is 221 g/mol. The van der Waals surface area contributed by atoms with Gasteiger partial charge in [-0.25, -0.2) is 4.39 Å². The Labute approximate surface area is 100 Å². The zero-order valence-electron chi connectivity index (χ0n) is 9.86. The van der Waals surface area contributed by atoms with Crippen molar-refractivity contribution in [2.45, 2.75) is 18.9 Å². The van der Waals surface area contributed by atoms with E-state index in [0.717, 1.165) is 24.9 Å². The first-order valence-corrected chi connectivity index (χ1v) is 5.76. The van der Waals surface area contributed by atoms with Crippen LogP contribution in [0.15, 0.2) is 24.3 Å². The number of halogens is 1. The zero-order valence-corrected chi connectivity index (χ0v) is 9.86. The van der Waals surface area contributed by atoms with Gasteiger partial charge in [0.25, 0.3) is 0 Å². The predicted molar refractivity (Wildman–Crippen MR) is 62.0 cm³/mol. The van der Waals surface area contributed by atoms with Crippen LogP contribution in [0.1, 0.15) is 24.4 Å². The maximum absolute atomic E-state index is 12.8. The molecule has 0 aromatic heterocycles. The van der Waals surface area contributed by atoms with Crippen molar-refractivity contribution < 1.29 is 13.9 Å². The van der Waals surface area contributed by atoms with Crippen LogP contribution in [0.5, 0.6) is 0 Å². The molecule has 1 amide bonds. The third-order valence-corrected chi connectivity index (χ3v) is 3.10. The van der Waals surface area contributed by atoms with E-state index in [9.17, 15) is 9.18 Å². The Morgan fingerprint density at radius 2 is 2.18 bits per heavy atom. The highest BCUT2D eigenvalue weighted by molar-refractivity contribution is 5.78. The molecule has 0 spiro atoms. The van der Waals surface area contributed by atoms with Gasteiger partial charge in [0.1, 0.15) is 12.4 Å². The minimum Gasteiger partial charge on any atom is -0.375 e. The van der Waals surface area contributed by atoms with E-state index in [1.54, 1.807) is 12.1 Å². The summed E-state index contributed by atoms with van der Waals surface area (Å²) in [6, 6.07) is 6.44. The summed E-state index contributed by atoms with van der Waals surface area (Å²) in [5.41, 5.74) is 0.994. The van der Waals surface area contributed by atoms with Gasteiger partial charge in [-0.1, -0.05) is 12.1 Å². The second kappa shape index (κ2) is 5.27. The fourth-order valence-electron chi connectivity index (χ4n) is 2.30. The molecule has 0 saturated carbocycles. The van der Waals surface area contributed by atoms with Gasteiger partial charge in [-0.2, -0.15) is 0 Å². The molecule has 0 N–H and O–H groups in total. The van der Waals surface area contributed by atoms with E-state index >= 15 is 0 Å². The van der Waals surface area contributed by atoms with Crippen molar-refractivity contribution in [1.82, 2.24) is 4.90 Å². The number of hydrogen-bond acceptors (Lipinski definition) is 2. The molecule has 1 atom stereocenters. The number of likely N-dealkylation sites (tertiary alicyclic amines) is 1. The lowest BCUT2D eigenvalue weighted by Gasteiger charge is -2.24. The second-order valence-electron chi connectivity index (χ2n) is 4.23. The Bertz CT molecular complexity index is 391. The molecule has 0 bridgehead atoms. The van der Waals surface area contributed by atoms with Gasteiger partial charge >= 0.3 is 0 Å². The highest BCUT2D eigenvalue weighted by Gasteiger charge is 2.29. The van der Waals surface area contributed by atoms with Crippen molar-refractivity contribution in [2.24, 2.45) is 0 Å². The van der Waals surface area contributed by atoms with Crippen molar-refractivity contribution in [2.75, 3.05) is 20.3 Å². The van der Waals surface area contributed by atoms with E-state index in [1.807, 2.05) is 4.90 Å². The number of benzene rings is 1. The average molecular weight is 237 g/mol. The summed E-state index contributed by atoms with van der Waals surface area (Å²) in [6.45, 7) is 0.863. The van der Waals surface area contributed by atoms with Crippen molar-refractivity contribution in [3.63, 3.8) is 0 Å². The lowest BCUT2D eigenvalue weighted by atomic mass is 10.0. The van der Waals surface area contributed by atoms with Gasteiger partial charge in [-0.15, -0.1) is 0 Å². The zero-order chi connectivity index (χ0) is 12.3. The molecule has 1 unspecified atom stereocenters. The molecule has 1 heterocycles. The van der Waals surface area contributed by atoms with Crippen molar-refractivity contribution in [3.05, 3.63) is 35.6 Å².